The summed E-state index contributed by atoms with van der Waals surface area (Å²) in [5, 5.41) is 0.867. The fourth-order valence-corrected chi connectivity index (χ4v) is 10.8. The van der Waals surface area contributed by atoms with Crippen molar-refractivity contribution in [3.63, 3.8) is 0 Å². The van der Waals surface area contributed by atoms with Gasteiger partial charge in [-0.2, -0.15) is 0 Å². The van der Waals surface area contributed by atoms with E-state index in [1.54, 1.807) is 0 Å². The van der Waals surface area contributed by atoms with Crippen LogP contribution in [0.2, 0.25) is 21.6 Å². The van der Waals surface area contributed by atoms with E-state index in [9.17, 15) is 0 Å². The molecule has 0 radical (unpaired) electrons. The summed E-state index contributed by atoms with van der Waals surface area (Å²) in [6, 6.07) is 1.93. The smallest absolute Gasteiger partial charge is 0.201 e. The second-order valence-electron chi connectivity index (χ2n) is 8.20. The molecule has 136 valence electrons. The maximum atomic E-state index is 7.06. The van der Waals surface area contributed by atoms with Crippen molar-refractivity contribution in [1.82, 2.24) is 4.98 Å². The quantitative estimate of drug-likeness (QED) is 0.493. The lowest BCUT2D eigenvalue weighted by Crippen LogP contribution is -2.49. The van der Waals surface area contributed by atoms with Crippen molar-refractivity contribution in [2.75, 3.05) is 0 Å². The average molecular weight is 368 g/mol. The summed E-state index contributed by atoms with van der Waals surface area (Å²) in [5.41, 5.74) is 4.12. The van der Waals surface area contributed by atoms with Crippen LogP contribution >= 0.6 is 11.6 Å². The Bertz CT molecular complexity index is 537. The van der Waals surface area contributed by atoms with Crippen molar-refractivity contribution < 1.29 is 4.43 Å². The van der Waals surface area contributed by atoms with Crippen molar-refractivity contribution in [2.24, 2.45) is 0 Å². The molecule has 0 fully saturated rings. The van der Waals surface area contributed by atoms with E-state index in [1.165, 1.54) is 5.56 Å². The molecule has 2 rings (SSSR count). The van der Waals surface area contributed by atoms with Gasteiger partial charge in [0.1, 0.15) is 0 Å². The third-order valence-corrected chi connectivity index (χ3v) is 12.4. The largest absolute Gasteiger partial charge is 0.408 e. The predicted octanol–water partition coefficient (Wildman–Crippen LogP) is 7.26. The Morgan fingerprint density at radius 1 is 1.12 bits per heavy atom. The van der Waals surface area contributed by atoms with E-state index in [2.05, 4.69) is 48.5 Å². The number of halogens is 1. The van der Waals surface area contributed by atoms with Crippen LogP contribution < -0.4 is 0 Å². The molecule has 0 aliphatic heterocycles. The number of hydrogen-bond donors (Lipinski definition) is 0. The van der Waals surface area contributed by atoms with Crippen LogP contribution in [-0.4, -0.2) is 13.3 Å². The normalized spacial score (nSPS) is 21.6. The topological polar surface area (TPSA) is 22.1 Å². The number of fused-ring (bicyclic) bond motifs is 1. The van der Waals surface area contributed by atoms with Crippen LogP contribution in [0.4, 0.5) is 0 Å². The van der Waals surface area contributed by atoms with E-state index in [0.717, 1.165) is 30.0 Å². The van der Waals surface area contributed by atoms with E-state index in [-0.39, 0.29) is 6.10 Å². The highest BCUT2D eigenvalue weighted by atomic mass is 35.5. The van der Waals surface area contributed by atoms with Crippen LogP contribution in [0.1, 0.15) is 91.0 Å². The maximum absolute atomic E-state index is 7.06. The summed E-state index contributed by atoms with van der Waals surface area (Å²) in [6.45, 7) is 16.3. The Balaban J connectivity index is 2.45. The van der Waals surface area contributed by atoms with E-state index in [4.69, 9.17) is 21.0 Å². The highest BCUT2D eigenvalue weighted by Gasteiger charge is 2.48. The highest BCUT2D eigenvalue weighted by Crippen LogP contribution is 2.49. The van der Waals surface area contributed by atoms with Crippen LogP contribution in [0.15, 0.2) is 12.3 Å². The van der Waals surface area contributed by atoms with Crippen LogP contribution in [0.5, 0.6) is 0 Å². The Morgan fingerprint density at radius 3 is 2.21 bits per heavy atom. The van der Waals surface area contributed by atoms with E-state index < -0.39 is 8.32 Å². The van der Waals surface area contributed by atoms with Gasteiger partial charge in [0.2, 0.25) is 8.32 Å². The number of hydrogen-bond acceptors (Lipinski definition) is 2. The van der Waals surface area contributed by atoms with Crippen LogP contribution in [0.3, 0.4) is 0 Å². The van der Waals surface area contributed by atoms with Crippen molar-refractivity contribution in [2.45, 2.75) is 96.4 Å². The summed E-state index contributed by atoms with van der Waals surface area (Å²) >= 11 is 6.56. The number of pyridine rings is 1. The van der Waals surface area contributed by atoms with Gasteiger partial charge >= 0.3 is 0 Å². The molecule has 2 unspecified atom stereocenters. The molecule has 0 spiro atoms. The van der Waals surface area contributed by atoms with Gasteiger partial charge in [-0.15, -0.1) is 0 Å². The lowest BCUT2D eigenvalue weighted by Gasteiger charge is -2.46. The summed E-state index contributed by atoms with van der Waals surface area (Å²) in [4.78, 5) is 4.73. The molecular formula is C20H34ClNOSi. The molecule has 2 atom stereocenters. The standard InChI is InChI=1S/C20H34ClNOSi/c1-8-16-9-10-18(20-19(16)17(21)11-12-22-20)23-24(13(2)3,14(4)5)15(6)7/h11-16,18H,8-10H2,1-7H3. The van der Waals surface area contributed by atoms with Crippen molar-refractivity contribution in [3.8, 4) is 0 Å². The molecule has 4 heteroatoms. The van der Waals surface area contributed by atoms with Gasteiger partial charge in [-0.05, 0) is 53.4 Å². The molecule has 1 aliphatic rings. The number of nitrogens with zero attached hydrogens (tertiary/aromatic N) is 1. The summed E-state index contributed by atoms with van der Waals surface area (Å²) in [6.07, 6.45) is 5.30. The van der Waals surface area contributed by atoms with Crippen LogP contribution in [0, 0.1) is 0 Å². The molecular weight excluding hydrogens is 334 g/mol. The van der Waals surface area contributed by atoms with Gasteiger partial charge in [-0.3, -0.25) is 4.98 Å². The second kappa shape index (κ2) is 7.88. The Labute approximate surface area is 154 Å². The number of rotatable bonds is 6. The molecule has 0 bridgehead atoms. The minimum absolute atomic E-state index is 0.111. The van der Waals surface area contributed by atoms with Gasteiger partial charge in [-0.25, -0.2) is 0 Å². The van der Waals surface area contributed by atoms with Crippen molar-refractivity contribution in [3.05, 3.63) is 28.5 Å². The highest BCUT2D eigenvalue weighted by molar-refractivity contribution is 6.77. The zero-order valence-electron chi connectivity index (χ0n) is 16.4. The third kappa shape index (κ3) is 3.45. The molecule has 0 N–H and O–H groups in total. The molecule has 0 saturated carbocycles. The lowest BCUT2D eigenvalue weighted by molar-refractivity contribution is 0.145. The first kappa shape index (κ1) is 19.9. The van der Waals surface area contributed by atoms with Gasteiger partial charge < -0.3 is 4.43 Å². The molecule has 1 heterocycles. The first-order chi connectivity index (χ1) is 11.3. The lowest BCUT2D eigenvalue weighted by atomic mass is 9.82. The monoisotopic (exact) mass is 367 g/mol. The Morgan fingerprint density at radius 2 is 1.71 bits per heavy atom. The Hall–Kier alpha value is -0.383. The minimum Gasteiger partial charge on any atom is -0.408 e. The fraction of sp³-hybridized carbons (Fsp3) is 0.750. The molecule has 0 saturated heterocycles. The fourth-order valence-electron chi connectivity index (χ4n) is 4.94. The van der Waals surface area contributed by atoms with Crippen LogP contribution in [0.25, 0.3) is 0 Å². The number of aromatic nitrogens is 1. The van der Waals surface area contributed by atoms with E-state index in [0.29, 0.717) is 22.5 Å². The first-order valence-corrected chi connectivity index (χ1v) is 12.1. The third-order valence-electron chi connectivity index (χ3n) is 6.00. The molecule has 1 aliphatic carbocycles. The zero-order valence-corrected chi connectivity index (χ0v) is 18.2. The maximum Gasteiger partial charge on any atom is 0.201 e. The van der Waals surface area contributed by atoms with Crippen molar-refractivity contribution >= 4 is 19.9 Å². The van der Waals surface area contributed by atoms with Gasteiger partial charge in [0.15, 0.2) is 0 Å². The van der Waals surface area contributed by atoms with Crippen molar-refractivity contribution in [1.29, 1.82) is 0 Å². The molecule has 2 nitrogen and oxygen atoms in total. The second-order valence-corrected chi connectivity index (χ2v) is 14.0. The van der Waals surface area contributed by atoms with Crippen LogP contribution in [-0.2, 0) is 4.43 Å². The SMILES string of the molecule is CCC1CCC(O[Si](C(C)C)(C(C)C)C(C)C)c2nccc(Cl)c21. The molecule has 24 heavy (non-hydrogen) atoms. The predicted molar refractivity (Wildman–Crippen MR) is 106 cm³/mol. The first-order valence-electron chi connectivity index (χ1n) is 9.57. The van der Waals surface area contributed by atoms with Gasteiger partial charge in [0.05, 0.1) is 11.8 Å². The molecule has 1 aromatic heterocycles. The Kier molecular flexibility index (Phi) is 6.55. The molecule has 0 amide bonds. The van der Waals surface area contributed by atoms with Gasteiger partial charge in [-0.1, -0.05) is 60.1 Å². The van der Waals surface area contributed by atoms with E-state index in [1.807, 2.05) is 12.3 Å². The average Bonchev–Trinajstić information content (AvgIpc) is 2.51. The summed E-state index contributed by atoms with van der Waals surface area (Å²) in [7, 11) is -1.92. The molecule has 0 aromatic carbocycles. The summed E-state index contributed by atoms with van der Waals surface area (Å²) in [5.74, 6) is 0.522. The van der Waals surface area contributed by atoms with E-state index >= 15 is 0 Å². The molecule has 1 aromatic rings. The zero-order chi connectivity index (χ0) is 18.1. The summed E-state index contributed by atoms with van der Waals surface area (Å²) < 4.78 is 7.06. The minimum atomic E-state index is -1.92. The van der Waals surface area contributed by atoms with Gasteiger partial charge in [0, 0.05) is 11.2 Å². The van der Waals surface area contributed by atoms with Gasteiger partial charge in [0.25, 0.3) is 0 Å².